The van der Waals surface area contributed by atoms with E-state index in [1.807, 2.05) is 0 Å². The van der Waals surface area contributed by atoms with E-state index in [0.717, 1.165) is 5.56 Å². The molecule has 0 bridgehead atoms. The predicted octanol–water partition coefficient (Wildman–Crippen LogP) is -1.96. The molecule has 0 aliphatic heterocycles. The normalized spacial score (nSPS) is 14.8. The van der Waals surface area contributed by atoms with Gasteiger partial charge in [0, 0.05) is 12.2 Å². The molecule has 1 aromatic carbocycles. The second kappa shape index (κ2) is 12.0. The molecule has 10 nitrogen and oxygen atoms in total. The summed E-state index contributed by atoms with van der Waals surface area (Å²) in [7, 11) is 0. The minimum absolute atomic E-state index is 0.0359. The third-order valence-corrected chi connectivity index (χ3v) is 4.32. The average molecular weight is 426 g/mol. The summed E-state index contributed by atoms with van der Waals surface area (Å²) in [6.07, 6.45) is -1.19. The minimum Gasteiger partial charge on any atom is -0.480 e. The van der Waals surface area contributed by atoms with Crippen molar-refractivity contribution >= 4 is 36.3 Å². The van der Waals surface area contributed by atoms with Crippen molar-refractivity contribution in [3.05, 3.63) is 35.9 Å². The van der Waals surface area contributed by atoms with E-state index in [0.29, 0.717) is 0 Å². The number of carboxylic acids is 1. The quantitative estimate of drug-likeness (QED) is 0.201. The zero-order chi connectivity index (χ0) is 22.0. The van der Waals surface area contributed by atoms with Gasteiger partial charge in [0.1, 0.15) is 18.6 Å². The van der Waals surface area contributed by atoms with Crippen molar-refractivity contribution in [1.29, 1.82) is 0 Å². The molecular weight excluding hydrogens is 400 g/mol. The second-order valence-corrected chi connectivity index (χ2v) is 6.74. The predicted molar refractivity (Wildman–Crippen MR) is 108 cm³/mol. The Bertz CT molecular complexity index is 716. The topological polar surface area (TPSA) is 171 Å². The van der Waals surface area contributed by atoms with E-state index in [1.54, 1.807) is 30.3 Å². The van der Waals surface area contributed by atoms with Gasteiger partial charge in [-0.15, -0.1) is 0 Å². The van der Waals surface area contributed by atoms with E-state index < -0.39 is 54.5 Å². The molecule has 160 valence electrons. The fourth-order valence-corrected chi connectivity index (χ4v) is 2.52. The molecule has 4 unspecified atom stereocenters. The number of nitrogens with one attached hydrogen (secondary N) is 3. The number of thiol groups is 1. The SMILES string of the molecule is CC(O)C(NC(=O)C(N)CS)C(=O)NC(Cc1ccccc1)C(=O)NCC(=O)O. The number of hydrogen-bond acceptors (Lipinski definition) is 7. The number of benzene rings is 1. The van der Waals surface area contributed by atoms with Gasteiger partial charge in [0.05, 0.1) is 12.1 Å². The van der Waals surface area contributed by atoms with E-state index in [-0.39, 0.29) is 12.2 Å². The maximum Gasteiger partial charge on any atom is 0.322 e. The van der Waals surface area contributed by atoms with Gasteiger partial charge in [-0.25, -0.2) is 0 Å². The molecule has 29 heavy (non-hydrogen) atoms. The van der Waals surface area contributed by atoms with Crippen molar-refractivity contribution in [2.75, 3.05) is 12.3 Å². The number of carbonyl (C=O) groups excluding carboxylic acids is 3. The van der Waals surface area contributed by atoms with E-state index in [4.69, 9.17) is 10.8 Å². The smallest absolute Gasteiger partial charge is 0.322 e. The highest BCUT2D eigenvalue weighted by Gasteiger charge is 2.31. The lowest BCUT2D eigenvalue weighted by atomic mass is 10.0. The first-order valence-corrected chi connectivity index (χ1v) is 9.47. The first-order chi connectivity index (χ1) is 13.6. The van der Waals surface area contributed by atoms with Gasteiger partial charge in [-0.1, -0.05) is 30.3 Å². The van der Waals surface area contributed by atoms with E-state index in [9.17, 15) is 24.3 Å². The molecule has 0 saturated heterocycles. The maximum absolute atomic E-state index is 12.6. The first kappa shape index (κ1) is 24.4. The van der Waals surface area contributed by atoms with Gasteiger partial charge in [0.25, 0.3) is 0 Å². The molecule has 4 atom stereocenters. The molecule has 11 heteroatoms. The van der Waals surface area contributed by atoms with Crippen molar-refractivity contribution in [1.82, 2.24) is 16.0 Å². The highest BCUT2D eigenvalue weighted by molar-refractivity contribution is 7.80. The lowest BCUT2D eigenvalue weighted by molar-refractivity contribution is -0.138. The van der Waals surface area contributed by atoms with Crippen LogP contribution in [-0.2, 0) is 25.6 Å². The summed E-state index contributed by atoms with van der Waals surface area (Å²) in [6.45, 7) is 0.681. The highest BCUT2D eigenvalue weighted by Crippen LogP contribution is 2.05. The number of carboxylic acid groups (broad SMARTS) is 1. The van der Waals surface area contributed by atoms with Crippen LogP contribution in [0, 0.1) is 0 Å². The Morgan fingerprint density at radius 3 is 2.21 bits per heavy atom. The Labute approximate surface area is 173 Å². The Morgan fingerprint density at radius 2 is 1.69 bits per heavy atom. The van der Waals surface area contributed by atoms with Crippen LogP contribution >= 0.6 is 12.6 Å². The van der Waals surface area contributed by atoms with Gasteiger partial charge < -0.3 is 31.9 Å². The number of nitrogens with two attached hydrogens (primary N) is 1. The minimum atomic E-state index is -1.36. The summed E-state index contributed by atoms with van der Waals surface area (Å²) >= 11 is 3.91. The van der Waals surface area contributed by atoms with Crippen LogP contribution in [0.3, 0.4) is 0 Å². The molecule has 0 heterocycles. The van der Waals surface area contributed by atoms with Gasteiger partial charge in [0.2, 0.25) is 17.7 Å². The molecule has 7 N–H and O–H groups in total. The molecule has 1 aromatic rings. The largest absolute Gasteiger partial charge is 0.480 e. The van der Waals surface area contributed by atoms with Crippen molar-refractivity contribution in [2.24, 2.45) is 5.73 Å². The summed E-state index contributed by atoms with van der Waals surface area (Å²) in [4.78, 5) is 47.7. The Morgan fingerprint density at radius 1 is 1.07 bits per heavy atom. The fraction of sp³-hybridized carbons (Fsp3) is 0.444. The van der Waals surface area contributed by atoms with Gasteiger partial charge in [-0.2, -0.15) is 12.6 Å². The van der Waals surface area contributed by atoms with Crippen LogP contribution in [0.25, 0.3) is 0 Å². The third kappa shape index (κ3) is 8.50. The summed E-state index contributed by atoms with van der Waals surface area (Å²) in [5, 5.41) is 25.6. The molecule has 3 amide bonds. The third-order valence-electron chi connectivity index (χ3n) is 3.93. The van der Waals surface area contributed by atoms with Gasteiger partial charge in [-0.3, -0.25) is 19.2 Å². The summed E-state index contributed by atoms with van der Waals surface area (Å²) < 4.78 is 0. The number of hydrogen-bond donors (Lipinski definition) is 7. The number of aliphatic hydroxyl groups excluding tert-OH is 1. The number of carbonyl (C=O) groups is 4. The number of aliphatic hydroxyl groups is 1. The Kier molecular flexibility index (Phi) is 10.1. The van der Waals surface area contributed by atoms with Crippen molar-refractivity contribution in [2.45, 2.75) is 37.6 Å². The molecule has 1 rings (SSSR count). The molecule has 0 radical (unpaired) electrons. The molecule has 0 spiro atoms. The van der Waals surface area contributed by atoms with Crippen LogP contribution < -0.4 is 21.7 Å². The lowest BCUT2D eigenvalue weighted by Crippen LogP contribution is -2.59. The molecule has 0 aromatic heterocycles. The lowest BCUT2D eigenvalue weighted by Gasteiger charge is -2.25. The first-order valence-electron chi connectivity index (χ1n) is 8.84. The summed E-state index contributed by atoms with van der Waals surface area (Å²) in [6, 6.07) is 5.30. The second-order valence-electron chi connectivity index (χ2n) is 6.38. The molecule has 0 aliphatic carbocycles. The Hall–Kier alpha value is -2.63. The van der Waals surface area contributed by atoms with Gasteiger partial charge in [-0.05, 0) is 12.5 Å². The highest BCUT2D eigenvalue weighted by atomic mass is 32.1. The zero-order valence-corrected chi connectivity index (χ0v) is 16.8. The molecule has 0 fully saturated rings. The van der Waals surface area contributed by atoms with E-state index >= 15 is 0 Å². The van der Waals surface area contributed by atoms with Crippen LogP contribution in [0.2, 0.25) is 0 Å². The van der Waals surface area contributed by atoms with Crippen LogP contribution in [0.1, 0.15) is 12.5 Å². The standard InChI is InChI=1S/C18H26N4O6S/c1-10(23)15(22-16(26)12(19)9-29)18(28)21-13(17(27)20-8-14(24)25)7-11-5-3-2-4-6-11/h2-6,10,12-13,15,23,29H,7-9,19H2,1H3,(H,20,27)(H,21,28)(H,22,26)(H,24,25). The number of rotatable bonds is 11. The van der Waals surface area contributed by atoms with Crippen LogP contribution in [0.15, 0.2) is 30.3 Å². The molecular formula is C18H26N4O6S. The number of aliphatic carboxylic acids is 1. The van der Waals surface area contributed by atoms with Gasteiger partial charge >= 0.3 is 5.97 Å². The summed E-state index contributed by atoms with van der Waals surface area (Å²) in [5.74, 6) is -3.42. The fourth-order valence-electron chi connectivity index (χ4n) is 2.35. The Balaban J connectivity index is 2.95. The summed E-state index contributed by atoms with van der Waals surface area (Å²) in [5.41, 5.74) is 6.28. The number of amides is 3. The molecule has 0 aliphatic rings. The monoisotopic (exact) mass is 426 g/mol. The average Bonchev–Trinajstić information content (AvgIpc) is 2.69. The van der Waals surface area contributed by atoms with Crippen LogP contribution in [0.4, 0.5) is 0 Å². The van der Waals surface area contributed by atoms with Gasteiger partial charge in [0.15, 0.2) is 0 Å². The maximum atomic E-state index is 12.6. The van der Waals surface area contributed by atoms with Crippen LogP contribution in [-0.4, -0.2) is 70.4 Å². The van der Waals surface area contributed by atoms with Crippen LogP contribution in [0.5, 0.6) is 0 Å². The zero-order valence-electron chi connectivity index (χ0n) is 15.9. The van der Waals surface area contributed by atoms with Crippen molar-refractivity contribution in [3.8, 4) is 0 Å². The molecule has 0 saturated carbocycles. The van der Waals surface area contributed by atoms with E-state index in [2.05, 4.69) is 28.6 Å². The van der Waals surface area contributed by atoms with Crippen molar-refractivity contribution in [3.63, 3.8) is 0 Å². The van der Waals surface area contributed by atoms with E-state index in [1.165, 1.54) is 6.92 Å². The van der Waals surface area contributed by atoms with Crippen molar-refractivity contribution < 1.29 is 29.4 Å².